The zero-order valence-corrected chi connectivity index (χ0v) is 16.2. The van der Waals surface area contributed by atoms with E-state index < -0.39 is 0 Å². The highest BCUT2D eigenvalue weighted by Crippen LogP contribution is 2.27. The van der Waals surface area contributed by atoms with Gasteiger partial charge in [-0.05, 0) is 64.5 Å². The SMILES string of the molecule is CCN(CC)C(=O)C1CCCN1C(=O)CC(C)C1CCNCC1.Cl. The zero-order chi connectivity index (χ0) is 16.8. The van der Waals surface area contributed by atoms with Crippen molar-refractivity contribution < 1.29 is 9.59 Å². The minimum atomic E-state index is -0.220. The van der Waals surface area contributed by atoms with E-state index in [0.29, 0.717) is 18.3 Å². The Morgan fingerprint density at radius 3 is 2.38 bits per heavy atom. The molecule has 0 radical (unpaired) electrons. The van der Waals surface area contributed by atoms with Gasteiger partial charge in [0.15, 0.2) is 0 Å². The molecule has 140 valence electrons. The largest absolute Gasteiger partial charge is 0.341 e. The molecule has 2 aliphatic rings. The lowest BCUT2D eigenvalue weighted by atomic mass is 9.84. The van der Waals surface area contributed by atoms with Crippen molar-refractivity contribution in [3.63, 3.8) is 0 Å². The first-order chi connectivity index (χ1) is 11.1. The minimum absolute atomic E-state index is 0. The van der Waals surface area contributed by atoms with Crippen LogP contribution in [0.25, 0.3) is 0 Å². The van der Waals surface area contributed by atoms with Gasteiger partial charge in [0.25, 0.3) is 0 Å². The first kappa shape index (κ1) is 21.2. The Hall–Kier alpha value is -0.810. The number of hydrogen-bond acceptors (Lipinski definition) is 3. The van der Waals surface area contributed by atoms with E-state index in [1.807, 2.05) is 23.6 Å². The smallest absolute Gasteiger partial charge is 0.245 e. The van der Waals surface area contributed by atoms with Crippen molar-refractivity contribution in [2.24, 2.45) is 11.8 Å². The average Bonchev–Trinajstić information content (AvgIpc) is 3.06. The molecule has 2 fully saturated rings. The molecule has 6 heteroatoms. The number of carbonyl (C=O) groups excluding carboxylic acids is 2. The van der Waals surface area contributed by atoms with E-state index in [1.165, 1.54) is 0 Å². The number of likely N-dealkylation sites (N-methyl/N-ethyl adjacent to an activating group) is 1. The van der Waals surface area contributed by atoms with Gasteiger partial charge < -0.3 is 15.1 Å². The maximum absolute atomic E-state index is 12.8. The molecule has 2 atom stereocenters. The van der Waals surface area contributed by atoms with E-state index in [9.17, 15) is 9.59 Å². The lowest BCUT2D eigenvalue weighted by Gasteiger charge is -2.32. The van der Waals surface area contributed by atoms with Crippen LogP contribution in [0.4, 0.5) is 0 Å². The van der Waals surface area contributed by atoms with Gasteiger partial charge in [-0.2, -0.15) is 0 Å². The fourth-order valence-corrected chi connectivity index (χ4v) is 4.04. The first-order valence-electron chi connectivity index (χ1n) is 9.37. The van der Waals surface area contributed by atoms with E-state index in [1.54, 1.807) is 0 Å². The van der Waals surface area contributed by atoms with Crippen LogP contribution in [0.3, 0.4) is 0 Å². The number of nitrogens with one attached hydrogen (secondary N) is 1. The molecular formula is C18H34ClN3O2. The lowest BCUT2D eigenvalue weighted by molar-refractivity contribution is -0.144. The number of hydrogen-bond donors (Lipinski definition) is 1. The molecule has 24 heavy (non-hydrogen) atoms. The van der Waals surface area contributed by atoms with Crippen LogP contribution in [0, 0.1) is 11.8 Å². The molecule has 0 spiro atoms. The van der Waals surface area contributed by atoms with Gasteiger partial charge in [0, 0.05) is 26.1 Å². The van der Waals surface area contributed by atoms with Crippen molar-refractivity contribution in [3.8, 4) is 0 Å². The van der Waals surface area contributed by atoms with Crippen LogP contribution in [0.2, 0.25) is 0 Å². The summed E-state index contributed by atoms with van der Waals surface area (Å²) >= 11 is 0. The van der Waals surface area contributed by atoms with Crippen LogP contribution in [-0.2, 0) is 9.59 Å². The van der Waals surface area contributed by atoms with Gasteiger partial charge in [-0.15, -0.1) is 12.4 Å². The molecule has 0 aliphatic carbocycles. The summed E-state index contributed by atoms with van der Waals surface area (Å²) < 4.78 is 0. The number of amides is 2. The van der Waals surface area contributed by atoms with Crippen molar-refractivity contribution in [1.29, 1.82) is 0 Å². The summed E-state index contributed by atoms with van der Waals surface area (Å²) in [6.07, 6.45) is 4.69. The predicted molar refractivity (Wildman–Crippen MR) is 99.3 cm³/mol. The normalized spacial score (nSPS) is 22.8. The van der Waals surface area contributed by atoms with E-state index in [2.05, 4.69) is 12.2 Å². The quantitative estimate of drug-likeness (QED) is 0.791. The topological polar surface area (TPSA) is 52.7 Å². The maximum atomic E-state index is 12.8. The first-order valence-corrected chi connectivity index (χ1v) is 9.37. The van der Waals surface area contributed by atoms with Crippen LogP contribution in [-0.4, -0.2) is 60.4 Å². The van der Waals surface area contributed by atoms with Gasteiger partial charge in [0.2, 0.25) is 11.8 Å². The van der Waals surface area contributed by atoms with Gasteiger partial charge in [0.05, 0.1) is 0 Å². The Morgan fingerprint density at radius 2 is 1.79 bits per heavy atom. The highest BCUT2D eigenvalue weighted by Gasteiger charge is 2.36. The van der Waals surface area contributed by atoms with Crippen LogP contribution >= 0.6 is 12.4 Å². The summed E-state index contributed by atoms with van der Waals surface area (Å²) in [4.78, 5) is 29.1. The molecule has 2 amide bonds. The zero-order valence-electron chi connectivity index (χ0n) is 15.4. The van der Waals surface area contributed by atoms with Gasteiger partial charge in [0.1, 0.15) is 6.04 Å². The number of piperidine rings is 1. The molecule has 2 saturated heterocycles. The Bertz CT molecular complexity index is 409. The third-order valence-corrected chi connectivity index (χ3v) is 5.62. The van der Waals surface area contributed by atoms with Gasteiger partial charge in [-0.25, -0.2) is 0 Å². The molecule has 5 nitrogen and oxygen atoms in total. The summed E-state index contributed by atoms with van der Waals surface area (Å²) in [5, 5.41) is 3.38. The fraction of sp³-hybridized carbons (Fsp3) is 0.889. The molecular weight excluding hydrogens is 326 g/mol. The molecule has 0 saturated carbocycles. The highest BCUT2D eigenvalue weighted by atomic mass is 35.5. The Morgan fingerprint density at radius 1 is 1.17 bits per heavy atom. The second-order valence-electron chi connectivity index (χ2n) is 7.02. The molecule has 2 heterocycles. The summed E-state index contributed by atoms with van der Waals surface area (Å²) in [7, 11) is 0. The van der Waals surface area contributed by atoms with Crippen molar-refractivity contribution in [1.82, 2.24) is 15.1 Å². The van der Waals surface area contributed by atoms with Gasteiger partial charge in [-0.1, -0.05) is 6.92 Å². The number of rotatable bonds is 6. The molecule has 0 aromatic heterocycles. The highest BCUT2D eigenvalue weighted by molar-refractivity contribution is 5.88. The van der Waals surface area contributed by atoms with Crippen LogP contribution < -0.4 is 5.32 Å². The average molecular weight is 360 g/mol. The maximum Gasteiger partial charge on any atom is 0.245 e. The monoisotopic (exact) mass is 359 g/mol. The molecule has 2 unspecified atom stereocenters. The van der Waals surface area contributed by atoms with Crippen molar-refractivity contribution in [2.75, 3.05) is 32.7 Å². The molecule has 0 aromatic rings. The second-order valence-corrected chi connectivity index (χ2v) is 7.02. The van der Waals surface area contributed by atoms with E-state index in [-0.39, 0.29) is 30.3 Å². The van der Waals surface area contributed by atoms with Crippen LogP contribution in [0.1, 0.15) is 52.9 Å². The lowest BCUT2D eigenvalue weighted by Crippen LogP contribution is -2.48. The molecule has 2 aliphatic heterocycles. The van der Waals surface area contributed by atoms with Crippen LogP contribution in [0.15, 0.2) is 0 Å². The number of likely N-dealkylation sites (tertiary alicyclic amines) is 1. The van der Waals surface area contributed by atoms with Crippen molar-refractivity contribution in [3.05, 3.63) is 0 Å². The number of halogens is 1. The standard InChI is InChI=1S/C18H33N3O2.ClH/c1-4-20(5-2)18(23)16-7-6-12-21(16)17(22)13-14(3)15-8-10-19-11-9-15;/h14-16,19H,4-13H2,1-3H3;1H. The Balaban J connectivity index is 0.00000288. The van der Waals surface area contributed by atoms with Gasteiger partial charge in [-0.3, -0.25) is 9.59 Å². The van der Waals surface area contributed by atoms with E-state index >= 15 is 0 Å². The second kappa shape index (κ2) is 10.2. The summed E-state index contributed by atoms with van der Waals surface area (Å²) in [5.74, 6) is 1.36. The predicted octanol–water partition coefficient (Wildman–Crippen LogP) is 2.29. The number of carbonyl (C=O) groups is 2. The molecule has 2 rings (SSSR count). The summed E-state index contributed by atoms with van der Waals surface area (Å²) in [6, 6.07) is -0.220. The van der Waals surface area contributed by atoms with Crippen molar-refractivity contribution >= 4 is 24.2 Å². The molecule has 1 N–H and O–H groups in total. The third kappa shape index (κ3) is 5.09. The van der Waals surface area contributed by atoms with E-state index in [0.717, 1.165) is 58.4 Å². The Kier molecular flexibility index (Phi) is 9.06. The summed E-state index contributed by atoms with van der Waals surface area (Å²) in [6.45, 7) is 10.5. The fourth-order valence-electron chi connectivity index (χ4n) is 4.04. The van der Waals surface area contributed by atoms with Crippen LogP contribution in [0.5, 0.6) is 0 Å². The van der Waals surface area contributed by atoms with Crippen molar-refractivity contribution in [2.45, 2.75) is 58.9 Å². The third-order valence-electron chi connectivity index (χ3n) is 5.62. The van der Waals surface area contributed by atoms with Gasteiger partial charge >= 0.3 is 0 Å². The summed E-state index contributed by atoms with van der Waals surface area (Å²) in [5.41, 5.74) is 0. The Labute approximate surface area is 152 Å². The molecule has 0 bridgehead atoms. The minimum Gasteiger partial charge on any atom is -0.341 e. The number of nitrogens with zero attached hydrogens (tertiary/aromatic N) is 2. The van der Waals surface area contributed by atoms with E-state index in [4.69, 9.17) is 0 Å². The molecule has 0 aromatic carbocycles.